The van der Waals surface area contributed by atoms with Gasteiger partial charge in [-0.3, -0.25) is 4.79 Å². The molecule has 1 aliphatic rings. The molecule has 3 nitrogen and oxygen atoms in total. The molecule has 1 fully saturated rings. The smallest absolute Gasteiger partial charge is 0.224 e. The number of likely N-dealkylation sites (tertiary alicyclic amines) is 1. The Hall–Kier alpha value is -1.25. The van der Waals surface area contributed by atoms with Crippen molar-refractivity contribution in [2.75, 3.05) is 0 Å². The van der Waals surface area contributed by atoms with Gasteiger partial charge in [-0.15, -0.1) is 0 Å². The first-order chi connectivity index (χ1) is 9.00. The van der Waals surface area contributed by atoms with Crippen molar-refractivity contribution in [3.8, 4) is 0 Å². The molecule has 2 rings (SSSR count). The molecule has 0 N–H and O–H groups in total. The Kier molecular flexibility index (Phi) is 4.33. The summed E-state index contributed by atoms with van der Waals surface area (Å²) in [6.07, 6.45) is 4.17. The van der Waals surface area contributed by atoms with Gasteiger partial charge in [0.15, 0.2) is 0 Å². The lowest BCUT2D eigenvalue weighted by atomic mass is 9.97. The molecule has 1 amide bonds. The van der Waals surface area contributed by atoms with E-state index in [4.69, 9.17) is 0 Å². The van der Waals surface area contributed by atoms with E-state index in [2.05, 4.69) is 49.3 Å². The predicted molar refractivity (Wildman–Crippen MR) is 78.1 cm³/mol. The van der Waals surface area contributed by atoms with Crippen LogP contribution in [0.2, 0.25) is 0 Å². The van der Waals surface area contributed by atoms with Gasteiger partial charge < -0.3 is 9.47 Å². The van der Waals surface area contributed by atoms with Gasteiger partial charge in [-0.25, -0.2) is 0 Å². The van der Waals surface area contributed by atoms with Gasteiger partial charge >= 0.3 is 0 Å². The maximum atomic E-state index is 12.4. The lowest BCUT2D eigenvalue weighted by Gasteiger charge is -2.39. The lowest BCUT2D eigenvalue weighted by molar-refractivity contribution is -0.137. The summed E-state index contributed by atoms with van der Waals surface area (Å²) in [5.74, 6) is 0.312. The van der Waals surface area contributed by atoms with Crippen molar-refractivity contribution in [1.82, 2.24) is 9.47 Å². The number of aromatic nitrogens is 1. The largest absolute Gasteiger partial charge is 0.349 e. The molecule has 106 valence electrons. The third-order valence-electron chi connectivity index (χ3n) is 4.45. The Bertz CT molecular complexity index is 420. The zero-order chi connectivity index (χ0) is 14.0. The first kappa shape index (κ1) is 14.2. The van der Waals surface area contributed by atoms with Crippen LogP contribution >= 0.6 is 0 Å². The van der Waals surface area contributed by atoms with Crippen molar-refractivity contribution in [2.24, 2.45) is 0 Å². The second-order valence-electron chi connectivity index (χ2n) is 5.95. The van der Waals surface area contributed by atoms with Crippen LogP contribution < -0.4 is 0 Å². The minimum absolute atomic E-state index is 0.312. The molecule has 0 aliphatic carbocycles. The highest BCUT2D eigenvalue weighted by molar-refractivity contribution is 5.76. The van der Waals surface area contributed by atoms with Crippen molar-refractivity contribution >= 4 is 5.91 Å². The number of rotatable bonds is 3. The number of carbonyl (C=O) groups excluding carboxylic acids is 1. The normalized spacial score (nSPS) is 23.7. The van der Waals surface area contributed by atoms with Gasteiger partial charge in [0, 0.05) is 36.4 Å². The van der Waals surface area contributed by atoms with E-state index in [-0.39, 0.29) is 0 Å². The van der Waals surface area contributed by atoms with Gasteiger partial charge in [0.05, 0.1) is 0 Å². The summed E-state index contributed by atoms with van der Waals surface area (Å²) in [4.78, 5) is 14.6. The van der Waals surface area contributed by atoms with E-state index in [9.17, 15) is 4.79 Å². The molecule has 0 bridgehead atoms. The molecule has 0 radical (unpaired) electrons. The number of piperidine rings is 1. The summed E-state index contributed by atoms with van der Waals surface area (Å²) >= 11 is 0. The summed E-state index contributed by atoms with van der Waals surface area (Å²) in [6.45, 7) is 9.37. The number of hydrogen-bond acceptors (Lipinski definition) is 1. The van der Waals surface area contributed by atoms with Gasteiger partial charge in [0.2, 0.25) is 5.91 Å². The summed E-state index contributed by atoms with van der Waals surface area (Å²) in [5, 5.41) is 0. The van der Waals surface area contributed by atoms with Crippen LogP contribution in [-0.2, 0) is 11.3 Å². The molecule has 0 saturated carbocycles. The highest BCUT2D eigenvalue weighted by atomic mass is 16.2. The fourth-order valence-corrected chi connectivity index (χ4v) is 3.30. The van der Waals surface area contributed by atoms with Crippen LogP contribution in [0.1, 0.15) is 50.9 Å². The second-order valence-corrected chi connectivity index (χ2v) is 5.95. The summed E-state index contributed by atoms with van der Waals surface area (Å²) < 4.78 is 2.23. The van der Waals surface area contributed by atoms with Crippen molar-refractivity contribution in [2.45, 2.75) is 72.0 Å². The Morgan fingerprint density at radius 2 is 1.68 bits per heavy atom. The molecule has 1 aliphatic heterocycles. The lowest BCUT2D eigenvalue weighted by Crippen LogP contribution is -2.47. The number of amides is 1. The van der Waals surface area contributed by atoms with Gasteiger partial charge in [0.25, 0.3) is 0 Å². The number of nitrogens with zero attached hydrogens (tertiary/aromatic N) is 2. The van der Waals surface area contributed by atoms with Crippen LogP contribution in [0.5, 0.6) is 0 Å². The monoisotopic (exact) mass is 262 g/mol. The number of hydrogen-bond donors (Lipinski definition) is 0. The number of aryl methyl sites for hydroxylation is 2. The van der Waals surface area contributed by atoms with E-state index < -0.39 is 0 Å². The van der Waals surface area contributed by atoms with Gasteiger partial charge in [-0.2, -0.15) is 0 Å². The molecule has 0 aromatic carbocycles. The molecule has 2 heterocycles. The molecular formula is C16H26N2O. The van der Waals surface area contributed by atoms with Crippen LogP contribution in [0.3, 0.4) is 0 Å². The van der Waals surface area contributed by atoms with Crippen molar-refractivity contribution in [1.29, 1.82) is 0 Å². The topological polar surface area (TPSA) is 25.2 Å². The van der Waals surface area contributed by atoms with E-state index in [0.717, 1.165) is 19.4 Å². The first-order valence-corrected chi connectivity index (χ1v) is 7.44. The van der Waals surface area contributed by atoms with Crippen LogP contribution in [0.25, 0.3) is 0 Å². The minimum atomic E-state index is 0.312. The first-order valence-electron chi connectivity index (χ1n) is 7.44. The third-order valence-corrected chi connectivity index (χ3v) is 4.45. The number of carbonyl (C=O) groups is 1. The summed E-state index contributed by atoms with van der Waals surface area (Å²) in [6, 6.07) is 5.05. The SMILES string of the molecule is Cc1ccc(C)n1CCC(=O)N1C(C)CCCC1C. The van der Waals surface area contributed by atoms with Gasteiger partial charge in [-0.1, -0.05) is 0 Å². The molecule has 1 saturated heterocycles. The van der Waals surface area contributed by atoms with Crippen LogP contribution in [-0.4, -0.2) is 27.5 Å². The Labute approximate surface area is 116 Å². The summed E-state index contributed by atoms with van der Waals surface area (Å²) in [7, 11) is 0. The quantitative estimate of drug-likeness (QED) is 0.820. The van der Waals surface area contributed by atoms with Gasteiger partial charge in [-0.05, 0) is 59.1 Å². The Morgan fingerprint density at radius 1 is 1.16 bits per heavy atom. The highest BCUT2D eigenvalue weighted by Crippen LogP contribution is 2.23. The molecule has 1 aromatic heterocycles. The fraction of sp³-hybridized carbons (Fsp3) is 0.688. The zero-order valence-electron chi connectivity index (χ0n) is 12.6. The molecule has 19 heavy (non-hydrogen) atoms. The molecule has 0 spiro atoms. The van der Waals surface area contributed by atoms with E-state index in [1.165, 1.54) is 17.8 Å². The van der Waals surface area contributed by atoms with E-state index in [0.29, 0.717) is 24.4 Å². The van der Waals surface area contributed by atoms with Crippen LogP contribution in [0.15, 0.2) is 12.1 Å². The zero-order valence-corrected chi connectivity index (χ0v) is 12.6. The third kappa shape index (κ3) is 3.02. The highest BCUT2D eigenvalue weighted by Gasteiger charge is 2.28. The standard InChI is InChI=1S/C16H26N2O/c1-12-8-9-13(2)17(12)11-10-16(19)18-14(3)6-5-7-15(18)4/h8-9,14-15H,5-7,10-11H2,1-4H3. The Morgan fingerprint density at radius 3 is 2.21 bits per heavy atom. The molecule has 2 unspecified atom stereocenters. The average molecular weight is 262 g/mol. The average Bonchev–Trinajstić information content (AvgIpc) is 2.66. The van der Waals surface area contributed by atoms with E-state index >= 15 is 0 Å². The maximum absolute atomic E-state index is 12.4. The van der Waals surface area contributed by atoms with Crippen molar-refractivity contribution in [3.05, 3.63) is 23.5 Å². The maximum Gasteiger partial charge on any atom is 0.224 e. The molecule has 2 atom stereocenters. The second kappa shape index (κ2) is 5.81. The molecule has 3 heteroatoms. The van der Waals surface area contributed by atoms with Crippen LogP contribution in [0.4, 0.5) is 0 Å². The Balaban J connectivity index is 1.97. The molecular weight excluding hydrogens is 236 g/mol. The van der Waals surface area contributed by atoms with E-state index in [1.807, 2.05) is 0 Å². The molecule has 1 aromatic rings. The minimum Gasteiger partial charge on any atom is -0.349 e. The van der Waals surface area contributed by atoms with Gasteiger partial charge in [0.1, 0.15) is 0 Å². The van der Waals surface area contributed by atoms with Crippen molar-refractivity contribution in [3.63, 3.8) is 0 Å². The van der Waals surface area contributed by atoms with E-state index in [1.54, 1.807) is 0 Å². The predicted octanol–water partition coefficient (Wildman–Crippen LogP) is 3.28. The summed E-state index contributed by atoms with van der Waals surface area (Å²) in [5.41, 5.74) is 2.48. The van der Waals surface area contributed by atoms with Crippen molar-refractivity contribution < 1.29 is 4.79 Å². The fourth-order valence-electron chi connectivity index (χ4n) is 3.30. The van der Waals surface area contributed by atoms with Crippen LogP contribution in [0, 0.1) is 13.8 Å².